The van der Waals surface area contributed by atoms with Crippen molar-refractivity contribution >= 4 is 5.78 Å². The van der Waals surface area contributed by atoms with E-state index in [0.29, 0.717) is 17.8 Å². The largest absolute Gasteiger partial charge is 0.377 e. The Balaban J connectivity index is 1.85. The van der Waals surface area contributed by atoms with Gasteiger partial charge in [0.25, 0.3) is 0 Å². The molecule has 2 rings (SSSR count). The molecule has 1 aliphatic heterocycles. The Kier molecular flexibility index (Phi) is 6.03. The van der Waals surface area contributed by atoms with Crippen molar-refractivity contribution in [2.24, 2.45) is 17.8 Å². The average Bonchev–Trinajstić information content (AvgIpc) is 2.42. The van der Waals surface area contributed by atoms with Crippen molar-refractivity contribution in [2.75, 3.05) is 26.2 Å². The lowest BCUT2D eigenvalue weighted by Gasteiger charge is -2.37. The van der Waals surface area contributed by atoms with E-state index in [9.17, 15) is 4.79 Å². The minimum atomic E-state index is 0.275. The van der Waals surface area contributed by atoms with Gasteiger partial charge in [0.15, 0.2) is 0 Å². The van der Waals surface area contributed by atoms with Gasteiger partial charge in [-0.15, -0.1) is 0 Å². The molecule has 20 heavy (non-hydrogen) atoms. The highest BCUT2D eigenvalue weighted by atomic mass is 16.5. The smallest absolute Gasteiger partial charge is 0.137 e. The van der Waals surface area contributed by atoms with Crippen molar-refractivity contribution in [3.63, 3.8) is 0 Å². The van der Waals surface area contributed by atoms with Gasteiger partial charge in [0, 0.05) is 32.0 Å². The van der Waals surface area contributed by atoms with Gasteiger partial charge in [-0.25, -0.2) is 0 Å². The van der Waals surface area contributed by atoms with E-state index in [2.05, 4.69) is 25.7 Å². The monoisotopic (exact) mass is 281 g/mol. The molecule has 0 bridgehead atoms. The first-order valence-corrected chi connectivity index (χ1v) is 8.46. The molecule has 3 unspecified atom stereocenters. The van der Waals surface area contributed by atoms with Gasteiger partial charge in [-0.2, -0.15) is 0 Å². The number of piperidine rings is 1. The molecule has 116 valence electrons. The fourth-order valence-corrected chi connectivity index (χ4v) is 3.79. The zero-order chi connectivity index (χ0) is 14.5. The predicted octanol–water partition coefficient (Wildman–Crippen LogP) is 3.13. The van der Waals surface area contributed by atoms with E-state index in [1.54, 1.807) is 0 Å². The maximum Gasteiger partial charge on any atom is 0.137 e. The van der Waals surface area contributed by atoms with Crippen LogP contribution in [-0.2, 0) is 9.53 Å². The third kappa shape index (κ3) is 4.29. The van der Waals surface area contributed by atoms with E-state index < -0.39 is 0 Å². The Morgan fingerprint density at radius 1 is 1.35 bits per heavy atom. The zero-order valence-corrected chi connectivity index (χ0v) is 13.4. The first-order valence-electron chi connectivity index (χ1n) is 8.46. The second-order valence-electron chi connectivity index (χ2n) is 6.92. The van der Waals surface area contributed by atoms with E-state index in [0.717, 1.165) is 51.4 Å². The lowest BCUT2D eigenvalue weighted by Crippen LogP contribution is -2.44. The summed E-state index contributed by atoms with van der Waals surface area (Å²) in [5.74, 6) is 2.23. The fraction of sp³-hybridized carbons (Fsp3) is 0.941. The third-order valence-electron chi connectivity index (χ3n) is 5.09. The van der Waals surface area contributed by atoms with Crippen molar-refractivity contribution in [2.45, 2.75) is 59.0 Å². The molecule has 0 aromatic rings. The molecule has 0 aromatic carbocycles. The summed E-state index contributed by atoms with van der Waals surface area (Å²) in [6.45, 7) is 10.6. The third-order valence-corrected chi connectivity index (χ3v) is 5.09. The Morgan fingerprint density at radius 3 is 2.85 bits per heavy atom. The molecule has 0 aromatic heterocycles. The highest BCUT2D eigenvalue weighted by Crippen LogP contribution is 2.32. The van der Waals surface area contributed by atoms with Gasteiger partial charge < -0.3 is 9.64 Å². The first-order chi connectivity index (χ1) is 9.60. The minimum absolute atomic E-state index is 0.275. The Morgan fingerprint density at radius 2 is 2.15 bits per heavy atom. The molecule has 1 heterocycles. The summed E-state index contributed by atoms with van der Waals surface area (Å²) in [4.78, 5) is 14.7. The first kappa shape index (κ1) is 16.0. The zero-order valence-electron chi connectivity index (χ0n) is 13.4. The van der Waals surface area contributed by atoms with Crippen LogP contribution in [0.5, 0.6) is 0 Å². The lowest BCUT2D eigenvalue weighted by molar-refractivity contribution is -0.127. The van der Waals surface area contributed by atoms with Gasteiger partial charge in [-0.3, -0.25) is 4.79 Å². The van der Waals surface area contributed by atoms with Gasteiger partial charge in [-0.1, -0.05) is 13.8 Å². The Hall–Kier alpha value is -0.410. The summed E-state index contributed by atoms with van der Waals surface area (Å²) in [5, 5.41) is 0. The highest BCUT2D eigenvalue weighted by Gasteiger charge is 2.32. The maximum atomic E-state index is 12.2. The van der Waals surface area contributed by atoms with Crippen molar-refractivity contribution in [3.05, 3.63) is 0 Å². The number of carbonyl (C=O) groups is 1. The summed E-state index contributed by atoms with van der Waals surface area (Å²) < 4.78 is 5.76. The number of Topliss-reactive ketones (excluding diaryl/α,β-unsaturated/α-hetero) is 1. The topological polar surface area (TPSA) is 29.5 Å². The summed E-state index contributed by atoms with van der Waals surface area (Å²) in [6, 6.07) is 0. The fourth-order valence-electron chi connectivity index (χ4n) is 3.79. The van der Waals surface area contributed by atoms with Crippen molar-refractivity contribution in [1.29, 1.82) is 0 Å². The van der Waals surface area contributed by atoms with Crippen LogP contribution in [0.1, 0.15) is 52.9 Å². The second-order valence-corrected chi connectivity index (χ2v) is 6.92. The van der Waals surface area contributed by atoms with Crippen LogP contribution in [0, 0.1) is 17.8 Å². The predicted molar refractivity (Wildman–Crippen MR) is 81.8 cm³/mol. The molecule has 1 saturated carbocycles. The SMILES string of the molecule is CCOC1CCCN(CC2CC(C(C)C)CCC2=O)C1. The van der Waals surface area contributed by atoms with Crippen LogP contribution in [0.25, 0.3) is 0 Å². The molecule has 1 saturated heterocycles. The molecular formula is C17H31NO2. The average molecular weight is 281 g/mol. The molecular weight excluding hydrogens is 250 g/mol. The van der Waals surface area contributed by atoms with Crippen LogP contribution in [0.2, 0.25) is 0 Å². The van der Waals surface area contributed by atoms with Crippen LogP contribution in [0.15, 0.2) is 0 Å². The number of carbonyl (C=O) groups excluding carboxylic acids is 1. The van der Waals surface area contributed by atoms with Crippen LogP contribution in [-0.4, -0.2) is 43.0 Å². The molecule has 2 aliphatic rings. The van der Waals surface area contributed by atoms with Crippen LogP contribution < -0.4 is 0 Å². The molecule has 0 N–H and O–H groups in total. The summed E-state index contributed by atoms with van der Waals surface area (Å²) in [6.07, 6.45) is 5.78. The maximum absolute atomic E-state index is 12.2. The van der Waals surface area contributed by atoms with Crippen molar-refractivity contribution in [1.82, 2.24) is 4.90 Å². The lowest BCUT2D eigenvalue weighted by atomic mass is 9.75. The molecule has 3 atom stereocenters. The van der Waals surface area contributed by atoms with Crippen LogP contribution in [0.4, 0.5) is 0 Å². The normalized spacial score (nSPS) is 32.8. The van der Waals surface area contributed by atoms with E-state index in [-0.39, 0.29) is 5.92 Å². The van der Waals surface area contributed by atoms with Gasteiger partial charge >= 0.3 is 0 Å². The number of ether oxygens (including phenoxy) is 1. The van der Waals surface area contributed by atoms with Gasteiger partial charge in [0.1, 0.15) is 5.78 Å². The van der Waals surface area contributed by atoms with Crippen molar-refractivity contribution < 1.29 is 9.53 Å². The number of likely N-dealkylation sites (tertiary alicyclic amines) is 1. The Labute approximate surface area is 124 Å². The number of hydrogen-bond acceptors (Lipinski definition) is 3. The molecule has 0 spiro atoms. The second kappa shape index (κ2) is 7.56. The van der Waals surface area contributed by atoms with E-state index in [4.69, 9.17) is 4.74 Å². The standard InChI is InChI=1S/C17H31NO2/c1-4-20-16-6-5-9-18(12-16)11-15-10-14(13(2)3)7-8-17(15)19/h13-16H,4-12H2,1-3H3. The molecule has 0 radical (unpaired) electrons. The summed E-state index contributed by atoms with van der Waals surface area (Å²) >= 11 is 0. The van der Waals surface area contributed by atoms with Crippen LogP contribution in [0.3, 0.4) is 0 Å². The van der Waals surface area contributed by atoms with E-state index in [1.807, 2.05) is 0 Å². The summed E-state index contributed by atoms with van der Waals surface area (Å²) in [5.41, 5.74) is 0. The molecule has 1 aliphatic carbocycles. The number of nitrogens with zero attached hydrogens (tertiary/aromatic N) is 1. The number of rotatable bonds is 5. The highest BCUT2D eigenvalue weighted by molar-refractivity contribution is 5.82. The summed E-state index contributed by atoms with van der Waals surface area (Å²) in [7, 11) is 0. The van der Waals surface area contributed by atoms with Gasteiger partial charge in [0.05, 0.1) is 6.10 Å². The van der Waals surface area contributed by atoms with Crippen LogP contribution >= 0.6 is 0 Å². The van der Waals surface area contributed by atoms with Gasteiger partial charge in [0.2, 0.25) is 0 Å². The molecule has 0 amide bonds. The van der Waals surface area contributed by atoms with Gasteiger partial charge in [-0.05, 0) is 51.0 Å². The molecule has 3 heteroatoms. The molecule has 2 fully saturated rings. The van der Waals surface area contributed by atoms with Crippen molar-refractivity contribution in [3.8, 4) is 0 Å². The Bertz CT molecular complexity index is 314. The number of hydrogen-bond donors (Lipinski definition) is 0. The quantitative estimate of drug-likeness (QED) is 0.775. The molecule has 3 nitrogen and oxygen atoms in total. The van der Waals surface area contributed by atoms with E-state index >= 15 is 0 Å². The van der Waals surface area contributed by atoms with E-state index in [1.165, 1.54) is 12.8 Å². The number of ketones is 1. The minimum Gasteiger partial charge on any atom is -0.377 e.